The Balaban J connectivity index is 1.99. The summed E-state index contributed by atoms with van der Waals surface area (Å²) in [5.74, 6) is 0.577. The number of carbonyl (C=O) groups excluding carboxylic acids is 1. The smallest absolute Gasteiger partial charge is 0.251 e. The number of likely N-dealkylation sites (N-methyl/N-ethyl adjacent to an activating group) is 1. The largest absolute Gasteiger partial charge is 0.351 e. The number of aryl methyl sites for hydroxylation is 1. The SMILES string of the molecule is CCc1ccc(Nc2cc(C(=O)NCCN(C)C)ccn2)cc1. The number of nitrogens with one attached hydrogen (secondary N) is 2. The Morgan fingerprint density at radius 1 is 1.17 bits per heavy atom. The van der Waals surface area contributed by atoms with Crippen molar-refractivity contribution < 1.29 is 4.79 Å². The van der Waals surface area contributed by atoms with Gasteiger partial charge >= 0.3 is 0 Å². The minimum absolute atomic E-state index is 0.0846. The van der Waals surface area contributed by atoms with E-state index in [1.54, 1.807) is 18.3 Å². The highest BCUT2D eigenvalue weighted by molar-refractivity contribution is 5.94. The fraction of sp³-hybridized carbons (Fsp3) is 0.333. The average molecular weight is 312 g/mol. The molecule has 1 amide bonds. The van der Waals surface area contributed by atoms with Crippen molar-refractivity contribution in [1.82, 2.24) is 15.2 Å². The van der Waals surface area contributed by atoms with Gasteiger partial charge in [0.05, 0.1) is 0 Å². The molecular weight excluding hydrogens is 288 g/mol. The van der Waals surface area contributed by atoms with E-state index in [1.807, 2.05) is 31.1 Å². The summed E-state index contributed by atoms with van der Waals surface area (Å²) in [6.45, 7) is 3.56. The molecule has 1 aromatic heterocycles. The molecule has 0 aliphatic rings. The molecule has 122 valence electrons. The number of rotatable bonds is 7. The topological polar surface area (TPSA) is 57.3 Å². The molecular formula is C18H24N4O. The maximum absolute atomic E-state index is 12.1. The quantitative estimate of drug-likeness (QED) is 0.825. The number of aromatic nitrogens is 1. The Kier molecular flexibility index (Phi) is 6.11. The zero-order valence-electron chi connectivity index (χ0n) is 14.0. The summed E-state index contributed by atoms with van der Waals surface area (Å²) < 4.78 is 0. The Morgan fingerprint density at radius 2 is 1.91 bits per heavy atom. The van der Waals surface area contributed by atoms with Gasteiger partial charge in [-0.3, -0.25) is 4.79 Å². The summed E-state index contributed by atoms with van der Waals surface area (Å²) in [5, 5.41) is 6.13. The highest BCUT2D eigenvalue weighted by atomic mass is 16.1. The second kappa shape index (κ2) is 8.29. The minimum atomic E-state index is -0.0846. The van der Waals surface area contributed by atoms with Gasteiger partial charge in [0, 0.05) is 30.5 Å². The van der Waals surface area contributed by atoms with Crippen molar-refractivity contribution in [3.63, 3.8) is 0 Å². The van der Waals surface area contributed by atoms with E-state index in [-0.39, 0.29) is 5.91 Å². The highest BCUT2D eigenvalue weighted by Crippen LogP contribution is 2.16. The third-order valence-electron chi connectivity index (χ3n) is 3.50. The number of benzene rings is 1. The summed E-state index contributed by atoms with van der Waals surface area (Å²) in [5.41, 5.74) is 2.85. The van der Waals surface area contributed by atoms with E-state index in [1.165, 1.54) is 5.56 Å². The lowest BCUT2D eigenvalue weighted by Crippen LogP contribution is -2.31. The molecule has 5 heteroatoms. The Bertz CT molecular complexity index is 638. The summed E-state index contributed by atoms with van der Waals surface area (Å²) >= 11 is 0. The van der Waals surface area contributed by atoms with Crippen LogP contribution in [0.15, 0.2) is 42.6 Å². The molecule has 0 aliphatic carbocycles. The number of hydrogen-bond donors (Lipinski definition) is 2. The average Bonchev–Trinajstić information content (AvgIpc) is 2.55. The number of carbonyl (C=O) groups is 1. The van der Waals surface area contributed by atoms with Crippen molar-refractivity contribution in [3.8, 4) is 0 Å². The van der Waals surface area contributed by atoms with Gasteiger partial charge in [-0.1, -0.05) is 19.1 Å². The van der Waals surface area contributed by atoms with E-state index < -0.39 is 0 Å². The van der Waals surface area contributed by atoms with Gasteiger partial charge in [0.15, 0.2) is 0 Å². The van der Waals surface area contributed by atoms with E-state index in [9.17, 15) is 4.79 Å². The monoisotopic (exact) mass is 312 g/mol. The van der Waals surface area contributed by atoms with E-state index in [0.717, 1.165) is 18.7 Å². The molecule has 23 heavy (non-hydrogen) atoms. The molecule has 0 bridgehead atoms. The van der Waals surface area contributed by atoms with Gasteiger partial charge in [0.25, 0.3) is 5.91 Å². The first kappa shape index (κ1) is 17.0. The van der Waals surface area contributed by atoms with Gasteiger partial charge in [-0.05, 0) is 50.3 Å². The standard InChI is InChI=1S/C18H24N4O/c1-4-14-5-7-16(8-6-14)21-17-13-15(9-10-19-17)18(23)20-11-12-22(2)3/h5-10,13H,4,11-12H2,1-3H3,(H,19,21)(H,20,23). The molecule has 1 heterocycles. The third-order valence-corrected chi connectivity index (χ3v) is 3.50. The second-order valence-electron chi connectivity index (χ2n) is 5.66. The number of anilines is 2. The predicted octanol–water partition coefficient (Wildman–Crippen LogP) is 2.68. The molecule has 0 fully saturated rings. The van der Waals surface area contributed by atoms with Crippen molar-refractivity contribution in [2.75, 3.05) is 32.5 Å². The lowest BCUT2D eigenvalue weighted by Gasteiger charge is -2.11. The molecule has 1 aromatic carbocycles. The van der Waals surface area contributed by atoms with Crippen LogP contribution in [-0.2, 0) is 6.42 Å². The van der Waals surface area contributed by atoms with Crippen molar-refractivity contribution >= 4 is 17.4 Å². The molecule has 0 unspecified atom stereocenters. The van der Waals surface area contributed by atoms with Crippen LogP contribution in [0.3, 0.4) is 0 Å². The van der Waals surface area contributed by atoms with Crippen LogP contribution in [0.4, 0.5) is 11.5 Å². The predicted molar refractivity (Wildman–Crippen MR) is 94.2 cm³/mol. The van der Waals surface area contributed by atoms with Crippen LogP contribution in [0.5, 0.6) is 0 Å². The van der Waals surface area contributed by atoms with Gasteiger partial charge in [0.1, 0.15) is 5.82 Å². The molecule has 2 aromatic rings. The minimum Gasteiger partial charge on any atom is -0.351 e. The molecule has 2 rings (SSSR count). The summed E-state index contributed by atoms with van der Waals surface area (Å²) in [4.78, 5) is 18.4. The van der Waals surface area contributed by atoms with Crippen molar-refractivity contribution in [2.24, 2.45) is 0 Å². The van der Waals surface area contributed by atoms with Gasteiger partial charge in [-0.25, -0.2) is 4.98 Å². The lowest BCUT2D eigenvalue weighted by atomic mass is 10.1. The van der Waals surface area contributed by atoms with Gasteiger partial charge in [-0.2, -0.15) is 0 Å². The maximum atomic E-state index is 12.1. The summed E-state index contributed by atoms with van der Waals surface area (Å²) in [7, 11) is 3.95. The van der Waals surface area contributed by atoms with E-state index in [0.29, 0.717) is 17.9 Å². The van der Waals surface area contributed by atoms with E-state index >= 15 is 0 Å². The molecule has 0 saturated carbocycles. The van der Waals surface area contributed by atoms with Gasteiger partial charge in [-0.15, -0.1) is 0 Å². The van der Waals surface area contributed by atoms with Crippen LogP contribution in [-0.4, -0.2) is 43.0 Å². The van der Waals surface area contributed by atoms with Crippen molar-refractivity contribution in [2.45, 2.75) is 13.3 Å². The van der Waals surface area contributed by atoms with Crippen LogP contribution < -0.4 is 10.6 Å². The zero-order valence-corrected chi connectivity index (χ0v) is 14.0. The Hall–Kier alpha value is -2.40. The third kappa shape index (κ3) is 5.38. The van der Waals surface area contributed by atoms with Gasteiger partial charge < -0.3 is 15.5 Å². The van der Waals surface area contributed by atoms with Crippen LogP contribution in [0, 0.1) is 0 Å². The molecule has 5 nitrogen and oxygen atoms in total. The summed E-state index contributed by atoms with van der Waals surface area (Å²) in [6, 6.07) is 11.7. The molecule has 0 aliphatic heterocycles. The van der Waals surface area contributed by atoms with Crippen LogP contribution >= 0.6 is 0 Å². The fourth-order valence-electron chi connectivity index (χ4n) is 2.11. The highest BCUT2D eigenvalue weighted by Gasteiger charge is 2.07. The fourth-order valence-corrected chi connectivity index (χ4v) is 2.11. The van der Waals surface area contributed by atoms with Crippen LogP contribution in [0.25, 0.3) is 0 Å². The first-order valence-electron chi connectivity index (χ1n) is 7.83. The molecule has 0 radical (unpaired) electrons. The molecule has 0 atom stereocenters. The number of amides is 1. The van der Waals surface area contributed by atoms with Crippen LogP contribution in [0.2, 0.25) is 0 Å². The zero-order chi connectivity index (χ0) is 16.7. The molecule has 0 saturated heterocycles. The molecule has 2 N–H and O–H groups in total. The van der Waals surface area contributed by atoms with Crippen molar-refractivity contribution in [1.29, 1.82) is 0 Å². The van der Waals surface area contributed by atoms with E-state index in [2.05, 4.69) is 34.7 Å². The number of hydrogen-bond acceptors (Lipinski definition) is 4. The second-order valence-corrected chi connectivity index (χ2v) is 5.66. The van der Waals surface area contributed by atoms with Crippen molar-refractivity contribution in [3.05, 3.63) is 53.7 Å². The van der Waals surface area contributed by atoms with Gasteiger partial charge in [0.2, 0.25) is 0 Å². The maximum Gasteiger partial charge on any atom is 0.251 e. The van der Waals surface area contributed by atoms with E-state index in [4.69, 9.17) is 0 Å². The lowest BCUT2D eigenvalue weighted by molar-refractivity contribution is 0.0951. The number of nitrogens with zero attached hydrogens (tertiary/aromatic N) is 2. The Morgan fingerprint density at radius 3 is 2.57 bits per heavy atom. The first-order valence-corrected chi connectivity index (χ1v) is 7.83. The molecule has 0 spiro atoms. The normalized spacial score (nSPS) is 10.6. The number of pyridine rings is 1. The Labute approximate surface area is 137 Å². The van der Waals surface area contributed by atoms with Crippen LogP contribution in [0.1, 0.15) is 22.8 Å². The first-order chi connectivity index (χ1) is 11.1. The summed E-state index contributed by atoms with van der Waals surface area (Å²) in [6.07, 6.45) is 2.66.